The van der Waals surface area contributed by atoms with E-state index in [0.29, 0.717) is 18.2 Å². The average Bonchev–Trinajstić information content (AvgIpc) is 3.31. The van der Waals surface area contributed by atoms with Crippen LogP contribution in [-0.2, 0) is 9.53 Å². The summed E-state index contributed by atoms with van der Waals surface area (Å²) in [7, 11) is 1.87. The number of amides is 1. The second kappa shape index (κ2) is 9.31. The highest BCUT2D eigenvalue weighted by Crippen LogP contribution is 2.30. The number of carbonyl (C=O) groups excluding carboxylic acids is 1. The molecule has 2 fully saturated rings. The summed E-state index contributed by atoms with van der Waals surface area (Å²) < 4.78 is 5.64. The predicted molar refractivity (Wildman–Crippen MR) is 112 cm³/mol. The van der Waals surface area contributed by atoms with Crippen LogP contribution in [0, 0.1) is 0 Å². The number of nitrogens with one attached hydrogen (secondary N) is 1. The molecule has 0 unspecified atom stereocenters. The SMILES string of the molecule is CNc1cc(C2CCN(C(=O)CC[C@@H]3CCCO3)CC2)nc(-c2cccnc2)n1. The first-order valence-electron chi connectivity index (χ1n) is 10.6. The molecule has 0 saturated carbocycles. The summed E-state index contributed by atoms with van der Waals surface area (Å²) in [5.41, 5.74) is 1.95. The summed E-state index contributed by atoms with van der Waals surface area (Å²) in [6.07, 6.45) is 9.34. The Hall–Kier alpha value is -2.54. The van der Waals surface area contributed by atoms with E-state index < -0.39 is 0 Å². The van der Waals surface area contributed by atoms with Gasteiger partial charge < -0.3 is 15.0 Å². The molecule has 29 heavy (non-hydrogen) atoms. The zero-order valence-electron chi connectivity index (χ0n) is 17.0. The first kappa shape index (κ1) is 19.8. The molecule has 0 aromatic carbocycles. The van der Waals surface area contributed by atoms with E-state index in [4.69, 9.17) is 9.72 Å². The molecule has 0 spiro atoms. The van der Waals surface area contributed by atoms with E-state index in [-0.39, 0.29) is 12.0 Å². The number of hydrogen-bond acceptors (Lipinski definition) is 6. The van der Waals surface area contributed by atoms with Crippen LogP contribution in [-0.4, -0.2) is 58.6 Å². The molecule has 7 heteroatoms. The van der Waals surface area contributed by atoms with Gasteiger partial charge in [-0.2, -0.15) is 0 Å². The fourth-order valence-corrected chi connectivity index (χ4v) is 4.17. The molecule has 1 N–H and O–H groups in total. The Balaban J connectivity index is 1.38. The number of anilines is 1. The van der Waals surface area contributed by atoms with Crippen molar-refractivity contribution in [2.45, 2.75) is 50.5 Å². The summed E-state index contributed by atoms with van der Waals surface area (Å²) >= 11 is 0. The van der Waals surface area contributed by atoms with Gasteiger partial charge in [0.25, 0.3) is 0 Å². The van der Waals surface area contributed by atoms with E-state index in [1.165, 1.54) is 0 Å². The van der Waals surface area contributed by atoms with Gasteiger partial charge in [-0.25, -0.2) is 9.97 Å². The molecule has 2 aliphatic heterocycles. The molecule has 2 aromatic rings. The molecule has 2 aliphatic rings. The Kier molecular flexibility index (Phi) is 6.34. The Morgan fingerprint density at radius 3 is 2.83 bits per heavy atom. The maximum absolute atomic E-state index is 12.6. The smallest absolute Gasteiger partial charge is 0.222 e. The zero-order valence-corrected chi connectivity index (χ0v) is 17.0. The predicted octanol–water partition coefficient (Wildman–Crippen LogP) is 3.25. The Labute approximate surface area is 171 Å². The largest absolute Gasteiger partial charge is 0.378 e. The van der Waals surface area contributed by atoms with Crippen LogP contribution in [0.25, 0.3) is 11.4 Å². The molecule has 4 heterocycles. The van der Waals surface area contributed by atoms with Gasteiger partial charge in [0.2, 0.25) is 5.91 Å². The van der Waals surface area contributed by atoms with Crippen molar-refractivity contribution in [3.05, 3.63) is 36.3 Å². The maximum atomic E-state index is 12.6. The van der Waals surface area contributed by atoms with Crippen molar-refractivity contribution in [2.75, 3.05) is 32.1 Å². The average molecular weight is 396 g/mol. The minimum atomic E-state index is 0.258. The standard InChI is InChI=1S/C22H29N5O2/c1-23-20-14-19(25-22(26-20)17-4-2-10-24-15-17)16-8-11-27(12-9-16)21(28)7-6-18-5-3-13-29-18/h2,4,10,14-16,18H,3,5-9,11-13H2,1H3,(H,23,25,26)/t18-/m0/s1. The molecule has 154 valence electrons. The number of likely N-dealkylation sites (tertiary alicyclic amines) is 1. The van der Waals surface area contributed by atoms with E-state index >= 15 is 0 Å². The van der Waals surface area contributed by atoms with Crippen molar-refractivity contribution in [2.24, 2.45) is 0 Å². The van der Waals surface area contributed by atoms with E-state index in [9.17, 15) is 4.79 Å². The number of ether oxygens (including phenoxy) is 1. The van der Waals surface area contributed by atoms with Crippen LogP contribution in [0.1, 0.15) is 50.1 Å². The van der Waals surface area contributed by atoms with Gasteiger partial charge in [-0.3, -0.25) is 9.78 Å². The highest BCUT2D eigenvalue weighted by atomic mass is 16.5. The quantitative estimate of drug-likeness (QED) is 0.809. The Morgan fingerprint density at radius 1 is 1.28 bits per heavy atom. The molecule has 0 aliphatic carbocycles. The monoisotopic (exact) mass is 395 g/mol. The van der Waals surface area contributed by atoms with Crippen LogP contribution in [0.4, 0.5) is 5.82 Å². The number of hydrogen-bond donors (Lipinski definition) is 1. The van der Waals surface area contributed by atoms with Crippen LogP contribution in [0.2, 0.25) is 0 Å². The van der Waals surface area contributed by atoms with Crippen LogP contribution in [0.3, 0.4) is 0 Å². The van der Waals surface area contributed by atoms with E-state index in [1.54, 1.807) is 12.4 Å². The lowest BCUT2D eigenvalue weighted by atomic mass is 9.92. The first-order valence-corrected chi connectivity index (χ1v) is 10.6. The van der Waals surface area contributed by atoms with Gasteiger partial charge in [0.1, 0.15) is 5.82 Å². The van der Waals surface area contributed by atoms with Crippen molar-refractivity contribution >= 4 is 11.7 Å². The summed E-state index contributed by atoms with van der Waals surface area (Å²) in [5.74, 6) is 2.09. The molecule has 7 nitrogen and oxygen atoms in total. The number of rotatable bonds is 6. The molecule has 1 amide bonds. The molecule has 0 bridgehead atoms. The third kappa shape index (κ3) is 4.90. The van der Waals surface area contributed by atoms with Gasteiger partial charge in [-0.05, 0) is 44.2 Å². The Bertz CT molecular complexity index is 815. The van der Waals surface area contributed by atoms with Crippen LogP contribution in [0.15, 0.2) is 30.6 Å². The molecule has 1 atom stereocenters. The van der Waals surface area contributed by atoms with Crippen LogP contribution in [0.5, 0.6) is 0 Å². The summed E-state index contributed by atoms with van der Waals surface area (Å²) in [5, 5.41) is 3.14. The normalized spacial score (nSPS) is 20.0. The van der Waals surface area contributed by atoms with Crippen LogP contribution < -0.4 is 5.32 Å². The lowest BCUT2D eigenvalue weighted by Gasteiger charge is -2.32. The third-order valence-corrected chi connectivity index (χ3v) is 5.89. The van der Waals surface area contributed by atoms with E-state index in [0.717, 1.165) is 68.9 Å². The minimum Gasteiger partial charge on any atom is -0.378 e. The highest BCUT2D eigenvalue weighted by molar-refractivity contribution is 5.76. The molecule has 2 saturated heterocycles. The fraction of sp³-hybridized carbons (Fsp3) is 0.545. The number of nitrogens with zero attached hydrogens (tertiary/aromatic N) is 4. The van der Waals surface area contributed by atoms with E-state index in [1.807, 2.05) is 30.1 Å². The molecule has 4 rings (SSSR count). The topological polar surface area (TPSA) is 80.2 Å². The molecular formula is C22H29N5O2. The van der Waals surface area contributed by atoms with Gasteiger partial charge in [0.05, 0.1) is 6.10 Å². The van der Waals surface area contributed by atoms with Crippen molar-refractivity contribution < 1.29 is 9.53 Å². The number of aromatic nitrogens is 3. The van der Waals surface area contributed by atoms with Gasteiger partial charge in [0.15, 0.2) is 5.82 Å². The highest BCUT2D eigenvalue weighted by Gasteiger charge is 2.26. The lowest BCUT2D eigenvalue weighted by Crippen LogP contribution is -2.38. The number of piperidine rings is 1. The molecular weight excluding hydrogens is 366 g/mol. The van der Waals surface area contributed by atoms with Gasteiger partial charge >= 0.3 is 0 Å². The van der Waals surface area contributed by atoms with Crippen molar-refractivity contribution in [1.29, 1.82) is 0 Å². The first-order chi connectivity index (χ1) is 14.2. The van der Waals surface area contributed by atoms with Crippen LogP contribution >= 0.6 is 0 Å². The second-order valence-corrected chi connectivity index (χ2v) is 7.82. The lowest BCUT2D eigenvalue weighted by molar-refractivity contribution is -0.132. The van der Waals surface area contributed by atoms with Crippen molar-refractivity contribution in [3.63, 3.8) is 0 Å². The molecule has 0 radical (unpaired) electrons. The second-order valence-electron chi connectivity index (χ2n) is 7.82. The summed E-state index contributed by atoms with van der Waals surface area (Å²) in [6.45, 7) is 2.42. The fourth-order valence-electron chi connectivity index (χ4n) is 4.17. The maximum Gasteiger partial charge on any atom is 0.222 e. The van der Waals surface area contributed by atoms with Gasteiger partial charge in [-0.1, -0.05) is 0 Å². The Morgan fingerprint density at radius 2 is 2.14 bits per heavy atom. The van der Waals surface area contributed by atoms with E-state index in [2.05, 4.69) is 15.3 Å². The van der Waals surface area contributed by atoms with Crippen molar-refractivity contribution in [1.82, 2.24) is 19.9 Å². The molecule has 2 aromatic heterocycles. The summed E-state index contributed by atoms with van der Waals surface area (Å²) in [4.78, 5) is 28.2. The van der Waals surface area contributed by atoms with Gasteiger partial charge in [-0.15, -0.1) is 0 Å². The van der Waals surface area contributed by atoms with Crippen molar-refractivity contribution in [3.8, 4) is 11.4 Å². The minimum absolute atomic E-state index is 0.258. The summed E-state index contributed by atoms with van der Waals surface area (Å²) in [6, 6.07) is 5.89. The number of carbonyl (C=O) groups is 1. The zero-order chi connectivity index (χ0) is 20.1. The third-order valence-electron chi connectivity index (χ3n) is 5.89. The number of pyridine rings is 1. The van der Waals surface area contributed by atoms with Gasteiger partial charge in [0, 0.05) is 68.8 Å².